The lowest BCUT2D eigenvalue weighted by Gasteiger charge is -2.37. The Morgan fingerprint density at radius 2 is 2.07 bits per heavy atom. The van der Waals surface area contributed by atoms with Crippen molar-refractivity contribution in [1.29, 1.82) is 0 Å². The van der Waals surface area contributed by atoms with E-state index in [1.807, 2.05) is 4.90 Å². The maximum atomic E-state index is 13.3. The number of aromatic nitrogens is 2. The van der Waals surface area contributed by atoms with Crippen LogP contribution in [0.1, 0.15) is 6.42 Å². The Labute approximate surface area is 182 Å². The van der Waals surface area contributed by atoms with Crippen molar-refractivity contribution in [3.8, 4) is 0 Å². The van der Waals surface area contributed by atoms with E-state index in [-0.39, 0.29) is 35.0 Å². The molecule has 0 spiro atoms. The van der Waals surface area contributed by atoms with Crippen LogP contribution in [0.4, 0.5) is 15.2 Å². The first-order valence-corrected chi connectivity index (χ1v) is 13.2. The molecule has 2 aromatic rings. The number of rotatable bonds is 6. The average Bonchev–Trinajstić information content (AvgIpc) is 3.32. The molecule has 1 atom stereocenters. The first kappa shape index (κ1) is 21.5. The van der Waals surface area contributed by atoms with Crippen molar-refractivity contribution >= 4 is 49.7 Å². The first-order valence-electron chi connectivity index (χ1n) is 9.59. The summed E-state index contributed by atoms with van der Waals surface area (Å²) in [7, 11) is -2.90. The summed E-state index contributed by atoms with van der Waals surface area (Å²) in [5.41, 5.74) is 0.590. The van der Waals surface area contributed by atoms with Crippen LogP contribution in [0, 0.1) is 5.82 Å². The van der Waals surface area contributed by atoms with Crippen molar-refractivity contribution in [3.05, 3.63) is 30.1 Å². The zero-order valence-corrected chi connectivity index (χ0v) is 18.6. The second kappa shape index (κ2) is 9.16. The van der Waals surface area contributed by atoms with Gasteiger partial charge in [0, 0.05) is 37.9 Å². The number of halogens is 1. The molecular formula is C18H22FN5O3S3. The van der Waals surface area contributed by atoms with Crippen molar-refractivity contribution in [2.24, 2.45) is 0 Å². The molecule has 2 fully saturated rings. The zero-order chi connectivity index (χ0) is 21.1. The Hall–Kier alpha value is -1.76. The van der Waals surface area contributed by atoms with Crippen LogP contribution in [0.2, 0.25) is 0 Å². The highest BCUT2D eigenvalue weighted by atomic mass is 32.2. The molecule has 162 valence electrons. The minimum absolute atomic E-state index is 0.0357. The molecule has 0 bridgehead atoms. The predicted molar refractivity (Wildman–Crippen MR) is 116 cm³/mol. The van der Waals surface area contributed by atoms with Crippen LogP contribution in [0.25, 0.3) is 0 Å². The number of benzene rings is 1. The summed E-state index contributed by atoms with van der Waals surface area (Å²) in [6.45, 7) is 2.63. The molecule has 1 amide bonds. The lowest BCUT2D eigenvalue weighted by Crippen LogP contribution is -2.52. The fraction of sp³-hybridized carbons (Fsp3) is 0.500. The summed E-state index contributed by atoms with van der Waals surface area (Å²) < 4.78 is 37.3. The lowest BCUT2D eigenvalue weighted by molar-refractivity contribution is -0.130. The molecule has 0 radical (unpaired) electrons. The normalized spacial score (nSPS) is 21.6. The number of hydrogen-bond acceptors (Lipinski definition) is 9. The maximum absolute atomic E-state index is 13.3. The van der Waals surface area contributed by atoms with E-state index in [1.54, 1.807) is 12.1 Å². The van der Waals surface area contributed by atoms with E-state index in [0.29, 0.717) is 47.8 Å². The molecule has 2 saturated heterocycles. The van der Waals surface area contributed by atoms with Crippen LogP contribution in [0.3, 0.4) is 0 Å². The van der Waals surface area contributed by atoms with Gasteiger partial charge in [-0.05, 0) is 24.6 Å². The molecule has 1 aromatic carbocycles. The Bertz CT molecular complexity index is 1010. The number of anilines is 2. The van der Waals surface area contributed by atoms with E-state index in [0.717, 1.165) is 0 Å². The number of amides is 1. The molecule has 1 unspecified atom stereocenters. The molecule has 0 aliphatic carbocycles. The highest BCUT2D eigenvalue weighted by molar-refractivity contribution is 8.01. The third kappa shape index (κ3) is 5.48. The van der Waals surface area contributed by atoms with Crippen LogP contribution in [0.5, 0.6) is 0 Å². The predicted octanol–water partition coefficient (Wildman–Crippen LogP) is 1.84. The average molecular weight is 472 g/mol. The lowest BCUT2D eigenvalue weighted by atomic mass is 10.2. The quantitative estimate of drug-likeness (QED) is 0.638. The van der Waals surface area contributed by atoms with Crippen molar-refractivity contribution in [1.82, 2.24) is 20.0 Å². The third-order valence-electron chi connectivity index (χ3n) is 5.19. The van der Waals surface area contributed by atoms with Gasteiger partial charge in [-0.1, -0.05) is 29.2 Å². The van der Waals surface area contributed by atoms with E-state index in [9.17, 15) is 17.6 Å². The molecule has 0 saturated carbocycles. The van der Waals surface area contributed by atoms with Gasteiger partial charge in [-0.25, -0.2) is 12.8 Å². The summed E-state index contributed by atoms with van der Waals surface area (Å²) in [6, 6.07) is 6.18. The molecule has 3 heterocycles. The van der Waals surface area contributed by atoms with E-state index < -0.39 is 9.84 Å². The number of nitrogens with one attached hydrogen (secondary N) is 1. The molecular weight excluding hydrogens is 449 g/mol. The topological polar surface area (TPSA) is 95.5 Å². The van der Waals surface area contributed by atoms with Crippen molar-refractivity contribution in [2.75, 3.05) is 48.8 Å². The fourth-order valence-electron chi connectivity index (χ4n) is 3.62. The van der Waals surface area contributed by atoms with Gasteiger partial charge in [-0.3, -0.25) is 9.69 Å². The zero-order valence-electron chi connectivity index (χ0n) is 16.2. The molecule has 30 heavy (non-hydrogen) atoms. The highest BCUT2D eigenvalue weighted by Gasteiger charge is 2.34. The van der Waals surface area contributed by atoms with Crippen molar-refractivity contribution < 1.29 is 17.6 Å². The van der Waals surface area contributed by atoms with Gasteiger partial charge in [-0.2, -0.15) is 0 Å². The minimum Gasteiger partial charge on any atom is -0.339 e. The van der Waals surface area contributed by atoms with Crippen LogP contribution < -0.4 is 5.32 Å². The van der Waals surface area contributed by atoms with Crippen molar-refractivity contribution in [3.63, 3.8) is 0 Å². The highest BCUT2D eigenvalue weighted by Crippen LogP contribution is 2.28. The van der Waals surface area contributed by atoms with E-state index in [4.69, 9.17) is 0 Å². The van der Waals surface area contributed by atoms with Gasteiger partial charge in [-0.15, -0.1) is 10.2 Å². The number of piperazine rings is 1. The van der Waals surface area contributed by atoms with Gasteiger partial charge < -0.3 is 10.2 Å². The Morgan fingerprint density at radius 1 is 1.27 bits per heavy atom. The van der Waals surface area contributed by atoms with Crippen LogP contribution in [-0.4, -0.2) is 83.8 Å². The number of carbonyl (C=O) groups is 1. The van der Waals surface area contributed by atoms with Gasteiger partial charge in [0.2, 0.25) is 11.0 Å². The molecule has 4 rings (SSSR count). The number of carbonyl (C=O) groups excluding carboxylic acids is 1. The Balaban J connectivity index is 1.22. The molecule has 12 heteroatoms. The SMILES string of the molecule is O=C(CSc1nnc(Nc2cccc(F)c2)s1)N1CCN(C2CCS(=O)(=O)C2)CC1. The number of sulfone groups is 1. The van der Waals surface area contributed by atoms with E-state index in [1.165, 1.54) is 35.2 Å². The molecule has 1 aromatic heterocycles. The van der Waals surface area contributed by atoms with Crippen molar-refractivity contribution in [2.45, 2.75) is 16.8 Å². The fourth-order valence-corrected chi connectivity index (χ4v) is 7.06. The second-order valence-corrected chi connectivity index (χ2v) is 11.7. The summed E-state index contributed by atoms with van der Waals surface area (Å²) in [6.07, 6.45) is 0.690. The van der Waals surface area contributed by atoms with Gasteiger partial charge >= 0.3 is 0 Å². The summed E-state index contributed by atoms with van der Waals surface area (Å²) in [5, 5.41) is 11.6. The van der Waals surface area contributed by atoms with Gasteiger partial charge in [0.15, 0.2) is 14.2 Å². The Kier molecular flexibility index (Phi) is 6.56. The summed E-state index contributed by atoms with van der Waals surface area (Å²) in [4.78, 5) is 16.5. The third-order valence-corrected chi connectivity index (χ3v) is 8.90. The standard InChI is InChI=1S/C18H22FN5O3S3/c19-13-2-1-3-14(10-13)20-17-21-22-18(29-17)28-11-16(25)24-7-5-23(6-8-24)15-4-9-30(26,27)12-15/h1-3,10,15H,4-9,11-12H2,(H,20,21). The van der Waals surface area contributed by atoms with E-state index >= 15 is 0 Å². The maximum Gasteiger partial charge on any atom is 0.233 e. The largest absolute Gasteiger partial charge is 0.339 e. The summed E-state index contributed by atoms with van der Waals surface area (Å²) >= 11 is 2.64. The monoisotopic (exact) mass is 471 g/mol. The van der Waals surface area contributed by atoms with Gasteiger partial charge in [0.05, 0.1) is 17.3 Å². The number of thioether (sulfide) groups is 1. The van der Waals surface area contributed by atoms with Gasteiger partial charge in [0.1, 0.15) is 5.82 Å². The summed E-state index contributed by atoms with van der Waals surface area (Å²) in [5.74, 6) is 0.477. The number of hydrogen-bond donors (Lipinski definition) is 1. The minimum atomic E-state index is -2.90. The smallest absolute Gasteiger partial charge is 0.233 e. The van der Waals surface area contributed by atoms with E-state index in [2.05, 4.69) is 20.4 Å². The second-order valence-electron chi connectivity index (χ2n) is 7.27. The molecule has 1 N–H and O–H groups in total. The van der Waals surface area contributed by atoms with Crippen LogP contribution in [-0.2, 0) is 14.6 Å². The van der Waals surface area contributed by atoms with Gasteiger partial charge in [0.25, 0.3) is 0 Å². The van der Waals surface area contributed by atoms with Crippen LogP contribution in [0.15, 0.2) is 28.6 Å². The molecule has 2 aliphatic heterocycles. The molecule has 2 aliphatic rings. The number of nitrogens with zero attached hydrogens (tertiary/aromatic N) is 4. The van der Waals surface area contributed by atoms with Crippen LogP contribution >= 0.6 is 23.1 Å². The first-order chi connectivity index (χ1) is 14.4. The molecule has 8 nitrogen and oxygen atoms in total. The Morgan fingerprint density at radius 3 is 2.77 bits per heavy atom.